The fourth-order valence-corrected chi connectivity index (χ4v) is 1.29. The number of hydrogen-bond donors (Lipinski definition) is 1. The first-order chi connectivity index (χ1) is 6.11. The van der Waals surface area contributed by atoms with Crippen LogP contribution in [0.1, 0.15) is 20.3 Å². The van der Waals surface area contributed by atoms with Crippen LogP contribution >= 0.6 is 0 Å². The van der Waals surface area contributed by atoms with E-state index in [9.17, 15) is 0 Å². The highest BCUT2D eigenvalue weighted by molar-refractivity contribution is 5.99. The Morgan fingerprint density at radius 1 is 1.54 bits per heavy atom. The molecule has 0 fully saturated rings. The van der Waals surface area contributed by atoms with Crippen molar-refractivity contribution in [3.8, 4) is 0 Å². The number of aliphatic imine (C=N–C) groups is 1. The molecule has 2 N–H and O–H groups in total. The molecule has 0 atom stereocenters. The van der Waals surface area contributed by atoms with Gasteiger partial charge in [0, 0.05) is 29.1 Å². The van der Waals surface area contributed by atoms with Crippen LogP contribution in [0.25, 0.3) is 0 Å². The molecule has 3 nitrogen and oxygen atoms in total. The maximum Gasteiger partial charge on any atom is 0.0751 e. The van der Waals surface area contributed by atoms with E-state index in [-0.39, 0.29) is 0 Å². The number of nitrogens with zero attached hydrogens (tertiary/aromatic N) is 1. The molecule has 13 heavy (non-hydrogen) atoms. The van der Waals surface area contributed by atoms with E-state index in [0.29, 0.717) is 6.61 Å². The molecule has 3 heteroatoms. The van der Waals surface area contributed by atoms with Crippen LogP contribution in [0.2, 0.25) is 0 Å². The van der Waals surface area contributed by atoms with Crippen molar-refractivity contribution in [2.75, 3.05) is 13.2 Å². The zero-order chi connectivity index (χ0) is 9.84. The van der Waals surface area contributed by atoms with Crippen LogP contribution in [0.3, 0.4) is 0 Å². The predicted molar refractivity (Wildman–Crippen MR) is 54.6 cm³/mol. The van der Waals surface area contributed by atoms with Gasteiger partial charge >= 0.3 is 0 Å². The highest BCUT2D eigenvalue weighted by Crippen LogP contribution is 2.13. The Morgan fingerprint density at radius 2 is 2.23 bits per heavy atom. The summed E-state index contributed by atoms with van der Waals surface area (Å²) >= 11 is 0. The summed E-state index contributed by atoms with van der Waals surface area (Å²) in [5, 5.41) is 0. The molecule has 0 aromatic carbocycles. The summed E-state index contributed by atoms with van der Waals surface area (Å²) in [5.74, 6) is 0. The third-order valence-electron chi connectivity index (χ3n) is 1.95. The first-order valence-corrected chi connectivity index (χ1v) is 4.37. The lowest BCUT2D eigenvalue weighted by molar-refractivity contribution is 0.150. The van der Waals surface area contributed by atoms with E-state index < -0.39 is 0 Å². The van der Waals surface area contributed by atoms with Gasteiger partial charge in [-0.3, -0.25) is 4.99 Å². The quantitative estimate of drug-likeness (QED) is 0.656. The minimum absolute atomic E-state index is 0.578. The molecule has 0 aromatic rings. The van der Waals surface area contributed by atoms with Crippen molar-refractivity contribution in [3.05, 3.63) is 23.5 Å². The first kappa shape index (κ1) is 9.99. The second-order valence-electron chi connectivity index (χ2n) is 3.24. The highest BCUT2D eigenvalue weighted by Gasteiger charge is 2.12. The van der Waals surface area contributed by atoms with E-state index in [2.05, 4.69) is 11.6 Å². The number of allylic oxidation sites excluding steroid dienone is 1. The molecule has 0 aromatic heterocycles. The monoisotopic (exact) mass is 180 g/mol. The molecular weight excluding hydrogens is 164 g/mol. The summed E-state index contributed by atoms with van der Waals surface area (Å²) in [6, 6.07) is 0. The third kappa shape index (κ3) is 2.70. The van der Waals surface area contributed by atoms with E-state index >= 15 is 0 Å². The molecule has 0 spiro atoms. The Morgan fingerprint density at radius 3 is 2.77 bits per heavy atom. The van der Waals surface area contributed by atoms with Crippen molar-refractivity contribution in [3.63, 3.8) is 0 Å². The average molecular weight is 180 g/mol. The summed E-state index contributed by atoms with van der Waals surface area (Å²) in [6.45, 7) is 8.82. The molecule has 1 rings (SSSR count). The molecule has 0 saturated carbocycles. The van der Waals surface area contributed by atoms with Gasteiger partial charge in [0.15, 0.2) is 0 Å². The van der Waals surface area contributed by atoms with Gasteiger partial charge in [-0.15, -0.1) is 0 Å². The normalized spacial score (nSPS) is 19.1. The SMILES string of the molecule is C=C(C)/N=C(/C)C1=C(N)CCOC1. The van der Waals surface area contributed by atoms with Crippen molar-refractivity contribution >= 4 is 5.71 Å². The molecule has 0 saturated heterocycles. The predicted octanol–water partition coefficient (Wildman–Crippen LogP) is 1.61. The lowest BCUT2D eigenvalue weighted by atomic mass is 10.1. The molecule has 1 aliphatic heterocycles. The standard InChI is InChI=1S/C10H16N2O/c1-7(2)12-8(3)9-6-13-5-4-10(9)11/h1,4-6,11H2,2-3H3/b12-8-. The second-order valence-corrected chi connectivity index (χ2v) is 3.24. The van der Waals surface area contributed by atoms with Crippen LogP contribution in [0.15, 0.2) is 28.5 Å². The number of rotatable bonds is 2. The summed E-state index contributed by atoms with van der Waals surface area (Å²) < 4.78 is 5.31. The van der Waals surface area contributed by atoms with E-state index in [1.54, 1.807) is 0 Å². The van der Waals surface area contributed by atoms with Crippen LogP contribution in [0.4, 0.5) is 0 Å². The van der Waals surface area contributed by atoms with Crippen molar-refractivity contribution in [1.29, 1.82) is 0 Å². The third-order valence-corrected chi connectivity index (χ3v) is 1.95. The fraction of sp³-hybridized carbons (Fsp3) is 0.500. The molecule has 72 valence electrons. The summed E-state index contributed by atoms with van der Waals surface area (Å²) in [6.07, 6.45) is 0.804. The average Bonchev–Trinajstić information content (AvgIpc) is 2.03. The number of nitrogens with two attached hydrogens (primary N) is 1. The lowest BCUT2D eigenvalue weighted by Gasteiger charge is -2.17. The second kappa shape index (κ2) is 4.23. The lowest BCUT2D eigenvalue weighted by Crippen LogP contribution is -2.20. The van der Waals surface area contributed by atoms with Crippen LogP contribution in [0.5, 0.6) is 0 Å². The zero-order valence-corrected chi connectivity index (χ0v) is 8.26. The van der Waals surface area contributed by atoms with Crippen molar-refractivity contribution in [1.82, 2.24) is 0 Å². The summed E-state index contributed by atoms with van der Waals surface area (Å²) in [5.41, 5.74) is 9.48. The number of hydrogen-bond acceptors (Lipinski definition) is 3. The minimum atomic E-state index is 0.578. The van der Waals surface area contributed by atoms with Gasteiger partial charge in [0.05, 0.1) is 13.2 Å². The Bertz CT molecular complexity index is 277. The minimum Gasteiger partial charge on any atom is -0.402 e. The van der Waals surface area contributed by atoms with Crippen LogP contribution in [0, 0.1) is 0 Å². The van der Waals surface area contributed by atoms with E-state index in [0.717, 1.165) is 35.7 Å². The molecule has 0 aliphatic carbocycles. The molecule has 1 aliphatic rings. The van der Waals surface area contributed by atoms with Gasteiger partial charge in [-0.2, -0.15) is 0 Å². The zero-order valence-electron chi connectivity index (χ0n) is 8.26. The van der Waals surface area contributed by atoms with Crippen LogP contribution in [-0.2, 0) is 4.74 Å². The van der Waals surface area contributed by atoms with Gasteiger partial charge in [-0.25, -0.2) is 0 Å². The molecular formula is C10H16N2O. The molecule has 0 radical (unpaired) electrons. The van der Waals surface area contributed by atoms with E-state index in [4.69, 9.17) is 10.5 Å². The van der Waals surface area contributed by atoms with Gasteiger partial charge in [0.25, 0.3) is 0 Å². The molecule has 0 amide bonds. The molecule has 0 unspecified atom stereocenters. The van der Waals surface area contributed by atoms with Gasteiger partial charge in [0.2, 0.25) is 0 Å². The van der Waals surface area contributed by atoms with Gasteiger partial charge in [-0.05, 0) is 13.8 Å². The van der Waals surface area contributed by atoms with Gasteiger partial charge in [0.1, 0.15) is 0 Å². The van der Waals surface area contributed by atoms with Crippen molar-refractivity contribution in [2.24, 2.45) is 10.7 Å². The topological polar surface area (TPSA) is 47.6 Å². The van der Waals surface area contributed by atoms with E-state index in [1.165, 1.54) is 0 Å². The maximum atomic E-state index is 5.84. The molecule has 0 bridgehead atoms. The fourth-order valence-electron chi connectivity index (χ4n) is 1.29. The van der Waals surface area contributed by atoms with E-state index in [1.807, 2.05) is 13.8 Å². The number of ether oxygens (including phenoxy) is 1. The smallest absolute Gasteiger partial charge is 0.0751 e. The Labute approximate surface area is 79.0 Å². The Kier molecular flexibility index (Phi) is 3.25. The van der Waals surface area contributed by atoms with Gasteiger partial charge < -0.3 is 10.5 Å². The molecule has 1 heterocycles. The maximum absolute atomic E-state index is 5.84. The summed E-state index contributed by atoms with van der Waals surface area (Å²) in [4.78, 5) is 4.26. The highest BCUT2D eigenvalue weighted by atomic mass is 16.5. The first-order valence-electron chi connectivity index (χ1n) is 4.37. The van der Waals surface area contributed by atoms with Crippen molar-refractivity contribution in [2.45, 2.75) is 20.3 Å². The summed E-state index contributed by atoms with van der Waals surface area (Å²) in [7, 11) is 0. The van der Waals surface area contributed by atoms with Crippen LogP contribution in [-0.4, -0.2) is 18.9 Å². The van der Waals surface area contributed by atoms with Crippen LogP contribution < -0.4 is 5.73 Å². The van der Waals surface area contributed by atoms with Gasteiger partial charge in [-0.1, -0.05) is 6.58 Å². The van der Waals surface area contributed by atoms with Crippen molar-refractivity contribution < 1.29 is 4.74 Å². The largest absolute Gasteiger partial charge is 0.402 e. The Balaban J connectivity index is 2.86. The Hall–Kier alpha value is -1.09.